The summed E-state index contributed by atoms with van der Waals surface area (Å²) in [6.45, 7) is 0.134. The molecule has 11 atom stereocenters. The zero-order chi connectivity index (χ0) is 57.9. The van der Waals surface area contributed by atoms with Gasteiger partial charge in [0.25, 0.3) is 0 Å². The molecule has 0 spiro atoms. The molecule has 3 heterocycles. The van der Waals surface area contributed by atoms with Crippen molar-refractivity contribution in [1.29, 1.82) is 0 Å². The van der Waals surface area contributed by atoms with Crippen LogP contribution in [0.4, 0.5) is 0 Å². The fourth-order valence-electron chi connectivity index (χ4n) is 9.79. The van der Waals surface area contributed by atoms with Crippen LogP contribution < -0.4 is 0 Å². The van der Waals surface area contributed by atoms with Gasteiger partial charge in [0.1, 0.15) is 37.1 Å². The summed E-state index contributed by atoms with van der Waals surface area (Å²) in [5, 5.41) is 0. The second kappa shape index (κ2) is 29.9. The fourth-order valence-corrected chi connectivity index (χ4v) is 9.79. The number of esters is 4. The van der Waals surface area contributed by atoms with Gasteiger partial charge in [-0.05, 0) is 76.9 Å². The van der Waals surface area contributed by atoms with E-state index < -0.39 is 98.2 Å². The molecule has 3 aliphatic heterocycles. The smallest absolute Gasteiger partial charge is 0.338 e. The summed E-state index contributed by atoms with van der Waals surface area (Å²) in [6.07, 6.45) is -11.2. The highest BCUT2D eigenvalue weighted by atomic mass is 16.8. The van der Waals surface area contributed by atoms with Crippen LogP contribution in [0.15, 0.2) is 224 Å². The highest BCUT2D eigenvalue weighted by Gasteiger charge is 2.54. The third kappa shape index (κ3) is 15.9. The fraction of sp³-hybridized carbons (Fsp3) is 0.284. The Labute approximate surface area is 486 Å². The largest absolute Gasteiger partial charge is 0.459 e. The number of hydrogen-bond donors (Lipinski definition) is 0. The summed E-state index contributed by atoms with van der Waals surface area (Å²) in [4.78, 5) is 56.0. The highest BCUT2D eigenvalue weighted by molar-refractivity contribution is 5.91. The number of methoxy groups -OCH3 is 1. The van der Waals surface area contributed by atoms with Crippen LogP contribution in [0.3, 0.4) is 0 Å². The van der Waals surface area contributed by atoms with Gasteiger partial charge in [0, 0.05) is 7.11 Å². The van der Waals surface area contributed by atoms with Crippen molar-refractivity contribution >= 4 is 23.9 Å². The van der Waals surface area contributed by atoms with E-state index in [-0.39, 0.29) is 55.3 Å². The van der Waals surface area contributed by atoms with Crippen LogP contribution in [0.25, 0.3) is 0 Å². The molecule has 10 rings (SSSR count). The minimum absolute atomic E-state index is 0.00163. The van der Waals surface area contributed by atoms with Crippen LogP contribution in [-0.2, 0) is 81.4 Å². The number of hydrogen-bond acceptors (Lipinski definition) is 17. The van der Waals surface area contributed by atoms with E-state index in [0.717, 1.165) is 16.7 Å². The van der Waals surface area contributed by atoms with Gasteiger partial charge in [-0.3, -0.25) is 0 Å². The molecule has 0 N–H and O–H groups in total. The van der Waals surface area contributed by atoms with E-state index in [1.165, 1.54) is 7.11 Å². The Morgan fingerprint density at radius 1 is 0.405 bits per heavy atom. The minimum atomic E-state index is -1.63. The normalized spacial score (nSPS) is 23.8. The zero-order valence-electron chi connectivity index (χ0n) is 46.0. The Kier molecular flexibility index (Phi) is 21.0. The van der Waals surface area contributed by atoms with E-state index in [4.69, 9.17) is 61.6 Å². The summed E-state index contributed by atoms with van der Waals surface area (Å²) in [7, 11) is 1.52. The first-order chi connectivity index (χ1) is 41.3. The maximum absolute atomic E-state index is 14.2. The second-order valence-electron chi connectivity index (χ2n) is 19.9. The van der Waals surface area contributed by atoms with Gasteiger partial charge < -0.3 is 61.6 Å². The lowest BCUT2D eigenvalue weighted by Crippen LogP contribution is -2.63. The third-order valence-electron chi connectivity index (χ3n) is 14.1. The average molecular weight is 1140 g/mol. The Morgan fingerprint density at radius 2 is 0.821 bits per heavy atom. The molecule has 7 aromatic rings. The van der Waals surface area contributed by atoms with Crippen molar-refractivity contribution in [3.05, 3.63) is 263 Å². The number of rotatable bonds is 25. The minimum Gasteiger partial charge on any atom is -0.459 e. The molecule has 84 heavy (non-hydrogen) atoms. The summed E-state index contributed by atoms with van der Waals surface area (Å²) in [6, 6.07) is 62.0. The van der Waals surface area contributed by atoms with E-state index >= 15 is 0 Å². The summed E-state index contributed by atoms with van der Waals surface area (Å²) in [5.41, 5.74) is 4.09. The third-order valence-corrected chi connectivity index (χ3v) is 14.1. The van der Waals surface area contributed by atoms with Gasteiger partial charge in [-0.15, -0.1) is 0 Å². The summed E-state index contributed by atoms with van der Waals surface area (Å²) < 4.78 is 83.4. The van der Waals surface area contributed by atoms with E-state index in [9.17, 15) is 19.2 Å². The molecule has 0 aliphatic carbocycles. The first-order valence-electron chi connectivity index (χ1n) is 27.6. The molecule has 0 bridgehead atoms. The number of ether oxygens (including phenoxy) is 13. The van der Waals surface area contributed by atoms with Crippen LogP contribution in [0.5, 0.6) is 0 Å². The monoisotopic (exact) mass is 1140 g/mol. The van der Waals surface area contributed by atoms with Crippen LogP contribution in [-0.4, -0.2) is 125 Å². The number of carbonyl (C=O) groups excluding carboxylic acids is 4. The van der Waals surface area contributed by atoms with Gasteiger partial charge in [0.2, 0.25) is 0 Å². The van der Waals surface area contributed by atoms with E-state index in [1.54, 1.807) is 127 Å². The van der Waals surface area contributed by atoms with Crippen molar-refractivity contribution in [2.24, 2.45) is 0 Å². The van der Waals surface area contributed by atoms with E-state index in [1.807, 2.05) is 91.0 Å². The van der Waals surface area contributed by atoms with Crippen molar-refractivity contribution in [3.8, 4) is 0 Å². The SMILES string of the molecule is CO[C@@H]1O[C@H](COCc2ccccc2)[C@@H](OCc2ccccc2)[C@H](OCc2ccccc2)[C@H]1O[C@H]1C=C(CO[C@@H]2O[C@H](COC(=O)c3ccccc3)[C@@H](OC(=O)c3ccccc3)[C@H](OC(=O)c3ccccc3)[C@H]2OC(=O)c2ccccc2)CO1. The maximum Gasteiger partial charge on any atom is 0.338 e. The van der Waals surface area contributed by atoms with Gasteiger partial charge in [0.15, 0.2) is 37.2 Å². The summed E-state index contributed by atoms with van der Waals surface area (Å²) in [5.74, 6) is -3.23. The van der Waals surface area contributed by atoms with Crippen molar-refractivity contribution in [3.63, 3.8) is 0 Å². The Balaban J connectivity index is 0.938. The molecule has 17 nitrogen and oxygen atoms in total. The van der Waals surface area contributed by atoms with Crippen LogP contribution in [0, 0.1) is 0 Å². The molecule has 0 unspecified atom stereocenters. The molecule has 17 heteroatoms. The summed E-state index contributed by atoms with van der Waals surface area (Å²) >= 11 is 0. The van der Waals surface area contributed by atoms with Crippen molar-refractivity contribution in [1.82, 2.24) is 0 Å². The van der Waals surface area contributed by atoms with Crippen molar-refractivity contribution < 1.29 is 80.8 Å². The average Bonchev–Trinajstić information content (AvgIpc) is 4.01. The second-order valence-corrected chi connectivity index (χ2v) is 19.9. The Hall–Kier alpha value is -8.20. The van der Waals surface area contributed by atoms with Gasteiger partial charge in [-0.2, -0.15) is 0 Å². The molecule has 434 valence electrons. The number of benzene rings is 7. The first kappa shape index (κ1) is 59.0. The predicted octanol–water partition coefficient (Wildman–Crippen LogP) is 9.69. The van der Waals surface area contributed by atoms with E-state index in [0.29, 0.717) is 12.2 Å². The topological polar surface area (TPSA) is 188 Å². The van der Waals surface area contributed by atoms with Gasteiger partial charge >= 0.3 is 23.9 Å². The first-order valence-corrected chi connectivity index (χ1v) is 27.6. The lowest BCUT2D eigenvalue weighted by molar-refractivity contribution is -0.336. The molecule has 0 amide bonds. The lowest BCUT2D eigenvalue weighted by Gasteiger charge is -2.46. The molecule has 2 fully saturated rings. The molecule has 3 aliphatic rings. The van der Waals surface area contributed by atoms with Crippen LogP contribution in [0.2, 0.25) is 0 Å². The standard InChI is InChI=1S/C67H64O17/c1-72-66-60(58(76-40-47-27-13-4-14-28-47)56(75-39-46-25-11-3-12-26-46)53(79-66)43-73-38-45-23-9-2-10-24-45)81-55-37-48(41-74-55)42-78-67-61(84-65(71)52-35-21-8-22-36-52)59(83-64(70)51-33-19-7-20-34-51)57(82-63(69)50-31-17-6-18-32-50)54(80-67)44-77-62(68)49-29-15-5-16-30-49/h2-37,53-61,66-67H,38-44H2,1H3/t53-,54-,55+,56-,57-,58+,59+,60-,61-,66-,67-/m1/s1. The highest BCUT2D eigenvalue weighted by Crippen LogP contribution is 2.35. The van der Waals surface area contributed by atoms with Gasteiger partial charge in [-0.25, -0.2) is 19.2 Å². The number of carbonyl (C=O) groups is 4. The molecular formula is C67H64O17. The molecule has 7 aromatic carbocycles. The molecule has 0 saturated carbocycles. The zero-order valence-corrected chi connectivity index (χ0v) is 46.0. The molecule has 2 saturated heterocycles. The van der Waals surface area contributed by atoms with Gasteiger partial charge in [-0.1, -0.05) is 164 Å². The van der Waals surface area contributed by atoms with Gasteiger partial charge in [0.05, 0.1) is 61.9 Å². The predicted molar refractivity (Wildman–Crippen MR) is 303 cm³/mol. The molecule has 0 radical (unpaired) electrons. The van der Waals surface area contributed by atoms with Crippen LogP contribution in [0.1, 0.15) is 58.1 Å². The van der Waals surface area contributed by atoms with Crippen molar-refractivity contribution in [2.45, 2.75) is 87.5 Å². The molecular weight excluding hydrogens is 1080 g/mol. The molecule has 0 aromatic heterocycles. The quantitative estimate of drug-likeness (QED) is 0.0299. The van der Waals surface area contributed by atoms with Crippen molar-refractivity contribution in [2.75, 3.05) is 33.5 Å². The Morgan fingerprint density at radius 3 is 1.32 bits per heavy atom. The Bertz CT molecular complexity index is 3190. The van der Waals surface area contributed by atoms with E-state index in [2.05, 4.69) is 0 Å². The maximum atomic E-state index is 14.2. The van der Waals surface area contributed by atoms with Crippen LogP contribution >= 0.6 is 0 Å². The lowest BCUT2D eigenvalue weighted by atomic mass is 9.97.